The topological polar surface area (TPSA) is 93.0 Å². The van der Waals surface area contributed by atoms with E-state index in [9.17, 15) is 14.0 Å². The summed E-state index contributed by atoms with van der Waals surface area (Å²) in [7, 11) is 0. The number of rotatable bonds is 6. The van der Waals surface area contributed by atoms with Gasteiger partial charge < -0.3 is 10.2 Å². The summed E-state index contributed by atoms with van der Waals surface area (Å²) in [4.78, 5) is 35.4. The lowest BCUT2D eigenvalue weighted by molar-refractivity contribution is -0.126. The minimum Gasteiger partial charge on any atom is -0.356 e. The minimum absolute atomic E-state index is 0.0480. The van der Waals surface area contributed by atoms with Gasteiger partial charge in [0.1, 0.15) is 18.5 Å². The van der Waals surface area contributed by atoms with Crippen molar-refractivity contribution in [2.45, 2.75) is 19.3 Å². The molecule has 31 heavy (non-hydrogen) atoms. The average Bonchev–Trinajstić information content (AvgIpc) is 3.35. The van der Waals surface area contributed by atoms with E-state index in [1.807, 2.05) is 0 Å². The Kier molecular flexibility index (Phi) is 6.30. The van der Waals surface area contributed by atoms with Crippen LogP contribution in [0, 0.1) is 11.7 Å². The first-order valence-electron chi connectivity index (χ1n) is 10.2. The molecule has 160 valence electrons. The molecule has 8 nitrogen and oxygen atoms in total. The third-order valence-electron chi connectivity index (χ3n) is 5.46. The summed E-state index contributed by atoms with van der Waals surface area (Å²) < 4.78 is 15.1. The molecular formula is C22H23FN6O2. The highest BCUT2D eigenvalue weighted by atomic mass is 19.1. The number of amides is 2. The highest BCUT2D eigenvalue weighted by molar-refractivity contribution is 5.97. The summed E-state index contributed by atoms with van der Waals surface area (Å²) in [6.45, 7) is 1.35. The molecule has 0 radical (unpaired) electrons. The summed E-state index contributed by atoms with van der Waals surface area (Å²) in [5, 5.41) is 6.96. The maximum absolute atomic E-state index is 13.7. The van der Waals surface area contributed by atoms with Crippen LogP contribution in [0.15, 0.2) is 55.2 Å². The van der Waals surface area contributed by atoms with Gasteiger partial charge in [-0.3, -0.25) is 9.59 Å². The zero-order valence-corrected chi connectivity index (χ0v) is 16.9. The van der Waals surface area contributed by atoms with Crippen LogP contribution in [0.1, 0.15) is 28.8 Å². The third kappa shape index (κ3) is 4.76. The number of aromatic nitrogens is 4. The quantitative estimate of drug-likeness (QED) is 0.656. The predicted octanol–water partition coefficient (Wildman–Crippen LogP) is 2.01. The fourth-order valence-corrected chi connectivity index (χ4v) is 3.75. The Labute approximate surface area is 179 Å². The SMILES string of the molecule is O=C(NCCc1ccccc1F)C1CCN(C(=O)c2cccnc2-n2cncn2)CC1. The number of halogens is 1. The summed E-state index contributed by atoms with van der Waals surface area (Å²) in [6, 6.07) is 9.99. The van der Waals surface area contributed by atoms with Crippen LogP contribution in [0.5, 0.6) is 0 Å². The largest absolute Gasteiger partial charge is 0.356 e. The van der Waals surface area contributed by atoms with Crippen molar-refractivity contribution in [3.8, 4) is 5.82 Å². The van der Waals surface area contributed by atoms with Crippen molar-refractivity contribution >= 4 is 11.8 Å². The Bertz CT molecular complexity index is 1050. The number of likely N-dealkylation sites (tertiary alicyclic amines) is 1. The third-order valence-corrected chi connectivity index (χ3v) is 5.46. The lowest BCUT2D eigenvalue weighted by Gasteiger charge is -2.31. The highest BCUT2D eigenvalue weighted by Crippen LogP contribution is 2.21. The molecule has 2 aromatic heterocycles. The first kappa shape index (κ1) is 20.6. The van der Waals surface area contributed by atoms with E-state index in [1.54, 1.807) is 41.4 Å². The molecule has 0 spiro atoms. The molecule has 1 N–H and O–H groups in total. The van der Waals surface area contributed by atoms with Crippen molar-refractivity contribution in [2.24, 2.45) is 5.92 Å². The van der Waals surface area contributed by atoms with E-state index in [1.165, 1.54) is 23.4 Å². The van der Waals surface area contributed by atoms with E-state index in [2.05, 4.69) is 20.4 Å². The molecule has 1 aromatic carbocycles. The molecule has 9 heteroatoms. The van der Waals surface area contributed by atoms with Crippen molar-refractivity contribution < 1.29 is 14.0 Å². The molecule has 0 unspecified atom stereocenters. The number of piperidine rings is 1. The first-order chi connectivity index (χ1) is 15.1. The molecule has 0 saturated carbocycles. The van der Waals surface area contributed by atoms with Gasteiger partial charge in [-0.15, -0.1) is 0 Å². The van der Waals surface area contributed by atoms with E-state index >= 15 is 0 Å². The van der Waals surface area contributed by atoms with Gasteiger partial charge >= 0.3 is 0 Å². The van der Waals surface area contributed by atoms with Crippen molar-refractivity contribution in [1.29, 1.82) is 0 Å². The Hall–Kier alpha value is -3.62. The number of hydrogen-bond donors (Lipinski definition) is 1. The fourth-order valence-electron chi connectivity index (χ4n) is 3.75. The van der Waals surface area contributed by atoms with Gasteiger partial charge in [0.15, 0.2) is 5.82 Å². The number of benzene rings is 1. The van der Waals surface area contributed by atoms with Gasteiger partial charge in [0.25, 0.3) is 5.91 Å². The maximum atomic E-state index is 13.7. The Morgan fingerprint density at radius 2 is 1.94 bits per heavy atom. The Balaban J connectivity index is 1.30. The average molecular weight is 422 g/mol. The van der Waals surface area contributed by atoms with Crippen molar-refractivity contribution in [2.75, 3.05) is 19.6 Å². The number of hydrogen-bond acceptors (Lipinski definition) is 5. The van der Waals surface area contributed by atoms with Gasteiger partial charge in [-0.25, -0.2) is 19.0 Å². The summed E-state index contributed by atoms with van der Waals surface area (Å²) in [5.41, 5.74) is 1.03. The number of carbonyl (C=O) groups excluding carboxylic acids is 2. The molecule has 2 amide bonds. The summed E-state index contributed by atoms with van der Waals surface area (Å²) >= 11 is 0. The van der Waals surface area contributed by atoms with Gasteiger partial charge in [0, 0.05) is 31.7 Å². The first-order valence-corrected chi connectivity index (χ1v) is 10.2. The van der Waals surface area contributed by atoms with Crippen LogP contribution in [0.25, 0.3) is 5.82 Å². The molecule has 1 aliphatic heterocycles. The molecule has 0 aliphatic carbocycles. The monoisotopic (exact) mass is 422 g/mol. The van der Waals surface area contributed by atoms with Gasteiger partial charge in [-0.1, -0.05) is 18.2 Å². The van der Waals surface area contributed by atoms with Crippen LogP contribution in [-0.2, 0) is 11.2 Å². The van der Waals surface area contributed by atoms with Crippen LogP contribution >= 0.6 is 0 Å². The Morgan fingerprint density at radius 3 is 2.68 bits per heavy atom. The second-order valence-corrected chi connectivity index (χ2v) is 7.41. The lowest BCUT2D eigenvalue weighted by atomic mass is 9.95. The van der Waals surface area contributed by atoms with Gasteiger partial charge in [0.2, 0.25) is 5.91 Å². The second kappa shape index (κ2) is 9.46. The van der Waals surface area contributed by atoms with Crippen LogP contribution in [0.4, 0.5) is 4.39 Å². The van der Waals surface area contributed by atoms with Crippen LogP contribution in [0.2, 0.25) is 0 Å². The summed E-state index contributed by atoms with van der Waals surface area (Å²) in [5.74, 6) is -0.180. The van der Waals surface area contributed by atoms with Crippen molar-refractivity contribution in [1.82, 2.24) is 30.0 Å². The van der Waals surface area contributed by atoms with Gasteiger partial charge in [-0.2, -0.15) is 5.10 Å². The fraction of sp³-hybridized carbons (Fsp3) is 0.318. The number of pyridine rings is 1. The van der Waals surface area contributed by atoms with Crippen molar-refractivity contribution in [3.05, 3.63) is 72.2 Å². The summed E-state index contributed by atoms with van der Waals surface area (Å²) in [6.07, 6.45) is 6.09. The Morgan fingerprint density at radius 1 is 1.13 bits per heavy atom. The van der Waals surface area contributed by atoms with E-state index < -0.39 is 0 Å². The zero-order chi connectivity index (χ0) is 21.6. The van der Waals surface area contributed by atoms with Crippen LogP contribution in [0.3, 0.4) is 0 Å². The van der Waals surface area contributed by atoms with Gasteiger partial charge in [-0.05, 0) is 43.0 Å². The van der Waals surface area contributed by atoms with E-state index in [4.69, 9.17) is 0 Å². The van der Waals surface area contributed by atoms with Crippen LogP contribution < -0.4 is 5.32 Å². The molecule has 0 atom stereocenters. The smallest absolute Gasteiger partial charge is 0.257 e. The lowest BCUT2D eigenvalue weighted by Crippen LogP contribution is -2.43. The van der Waals surface area contributed by atoms with Gasteiger partial charge in [0.05, 0.1) is 5.56 Å². The molecule has 0 bridgehead atoms. The van der Waals surface area contributed by atoms with E-state index in [0.29, 0.717) is 55.8 Å². The number of carbonyl (C=O) groups is 2. The predicted molar refractivity (Wildman–Crippen MR) is 111 cm³/mol. The highest BCUT2D eigenvalue weighted by Gasteiger charge is 2.29. The molecule has 3 aromatic rings. The molecule has 1 saturated heterocycles. The normalized spacial score (nSPS) is 14.4. The zero-order valence-electron chi connectivity index (χ0n) is 16.9. The van der Waals surface area contributed by atoms with Crippen LogP contribution in [-0.4, -0.2) is 56.1 Å². The standard InChI is InChI=1S/C22H23FN6O2/c23-19-6-2-1-4-16(19)7-11-26-21(30)17-8-12-28(13-9-17)22(31)18-5-3-10-25-20(18)29-15-24-14-27-29/h1-6,10,14-15,17H,7-9,11-13H2,(H,26,30). The second-order valence-electron chi connectivity index (χ2n) is 7.41. The van der Waals surface area contributed by atoms with E-state index in [-0.39, 0.29) is 23.5 Å². The molecular weight excluding hydrogens is 399 g/mol. The molecule has 1 aliphatic rings. The van der Waals surface area contributed by atoms with E-state index in [0.717, 1.165) is 0 Å². The number of nitrogens with zero attached hydrogens (tertiary/aromatic N) is 5. The number of nitrogens with one attached hydrogen (secondary N) is 1. The minimum atomic E-state index is -0.260. The molecule has 3 heterocycles. The molecule has 4 rings (SSSR count). The maximum Gasteiger partial charge on any atom is 0.257 e. The molecule has 1 fully saturated rings. The van der Waals surface area contributed by atoms with Crippen molar-refractivity contribution in [3.63, 3.8) is 0 Å².